The Morgan fingerprint density at radius 3 is 2.81 bits per heavy atom. The normalized spacial score (nSPS) is 32.4. The first-order chi connectivity index (χ1) is 7.66. The van der Waals surface area contributed by atoms with Gasteiger partial charge in [0.1, 0.15) is 12.0 Å². The molecular weight excluding hydrogens is 203 g/mol. The Morgan fingerprint density at radius 1 is 1.38 bits per heavy atom. The number of benzene rings is 1. The third-order valence-corrected chi connectivity index (χ3v) is 4.32. The van der Waals surface area contributed by atoms with Gasteiger partial charge < -0.3 is 0 Å². The second kappa shape index (κ2) is 3.16. The Morgan fingerprint density at radius 2 is 2.19 bits per heavy atom. The summed E-state index contributed by atoms with van der Waals surface area (Å²) in [6.45, 7) is 2.05. The van der Waals surface area contributed by atoms with E-state index >= 15 is 0 Å². The zero-order valence-corrected chi connectivity index (χ0v) is 9.42. The van der Waals surface area contributed by atoms with Crippen molar-refractivity contribution in [3.05, 3.63) is 34.9 Å². The number of fused-ring (bicyclic) bond motifs is 2. The van der Waals surface area contributed by atoms with Gasteiger partial charge in [-0.3, -0.25) is 4.79 Å². The van der Waals surface area contributed by atoms with E-state index in [1.165, 1.54) is 11.1 Å². The Labute approximate surface area is 94.7 Å². The smallest absolute Gasteiger partial charge is 0.146 e. The van der Waals surface area contributed by atoms with Crippen LogP contribution in [0.4, 0.5) is 4.39 Å². The summed E-state index contributed by atoms with van der Waals surface area (Å²) in [4.78, 5) is 11.9. The molecule has 1 fully saturated rings. The standard InChI is InChI=1S/C14H15FO/c1-9-3-2-4-11-10(9)5-6-12(15)14(11)8-7-13(14)16/h2-4,12H,5-8H2,1H3/t12-,14+/m1/s1. The maximum Gasteiger partial charge on any atom is 0.146 e. The summed E-state index contributed by atoms with van der Waals surface area (Å²) in [5.74, 6) is 0.103. The maximum atomic E-state index is 14.1. The Balaban J connectivity index is 2.22. The topological polar surface area (TPSA) is 17.1 Å². The molecule has 1 aromatic carbocycles. The fourth-order valence-corrected chi connectivity index (χ4v) is 3.25. The van der Waals surface area contributed by atoms with Crippen molar-refractivity contribution in [2.24, 2.45) is 0 Å². The van der Waals surface area contributed by atoms with E-state index in [9.17, 15) is 9.18 Å². The quantitative estimate of drug-likeness (QED) is 0.654. The van der Waals surface area contributed by atoms with Crippen LogP contribution in [-0.4, -0.2) is 12.0 Å². The first-order valence-corrected chi connectivity index (χ1v) is 5.92. The molecule has 0 radical (unpaired) electrons. The third kappa shape index (κ3) is 1.02. The second-order valence-electron chi connectivity index (χ2n) is 5.00. The van der Waals surface area contributed by atoms with Crippen LogP contribution < -0.4 is 0 Å². The number of aryl methyl sites for hydroxylation is 1. The van der Waals surface area contributed by atoms with Crippen LogP contribution in [0.2, 0.25) is 0 Å². The summed E-state index contributed by atoms with van der Waals surface area (Å²) in [6, 6.07) is 5.94. The lowest BCUT2D eigenvalue weighted by atomic mass is 9.56. The minimum atomic E-state index is -0.969. The summed E-state index contributed by atoms with van der Waals surface area (Å²) >= 11 is 0. The van der Waals surface area contributed by atoms with Crippen LogP contribution in [0.3, 0.4) is 0 Å². The fourth-order valence-electron chi connectivity index (χ4n) is 3.25. The average Bonchev–Trinajstić information content (AvgIpc) is 2.27. The van der Waals surface area contributed by atoms with Gasteiger partial charge in [0, 0.05) is 6.42 Å². The molecule has 3 rings (SSSR count). The molecule has 0 aliphatic heterocycles. The summed E-state index contributed by atoms with van der Waals surface area (Å²) in [6.07, 6.45) is 1.56. The number of hydrogen-bond donors (Lipinski definition) is 0. The molecule has 0 heterocycles. The van der Waals surface area contributed by atoms with E-state index in [0.29, 0.717) is 19.3 Å². The van der Waals surface area contributed by atoms with Gasteiger partial charge in [0.05, 0.1) is 5.41 Å². The van der Waals surface area contributed by atoms with E-state index in [2.05, 4.69) is 0 Å². The number of alkyl halides is 1. The van der Waals surface area contributed by atoms with Crippen LogP contribution in [0.5, 0.6) is 0 Å². The van der Waals surface area contributed by atoms with E-state index in [1.54, 1.807) is 0 Å². The zero-order valence-electron chi connectivity index (χ0n) is 9.42. The number of ketones is 1. The lowest BCUT2D eigenvalue weighted by molar-refractivity contribution is -0.136. The number of rotatable bonds is 0. The number of carbonyl (C=O) groups excluding carboxylic acids is 1. The average molecular weight is 218 g/mol. The van der Waals surface area contributed by atoms with E-state index in [1.807, 2.05) is 25.1 Å². The molecule has 1 aromatic rings. The van der Waals surface area contributed by atoms with Crippen LogP contribution in [0, 0.1) is 6.92 Å². The van der Waals surface area contributed by atoms with Crippen LogP contribution >= 0.6 is 0 Å². The molecular formula is C14H15FO. The summed E-state index contributed by atoms with van der Waals surface area (Å²) in [5.41, 5.74) is 2.62. The molecule has 0 saturated heterocycles. The molecule has 1 spiro atoms. The van der Waals surface area contributed by atoms with Gasteiger partial charge in [0.25, 0.3) is 0 Å². The molecule has 16 heavy (non-hydrogen) atoms. The van der Waals surface area contributed by atoms with Gasteiger partial charge >= 0.3 is 0 Å². The van der Waals surface area contributed by atoms with Crippen molar-refractivity contribution < 1.29 is 9.18 Å². The molecule has 0 unspecified atom stereocenters. The highest BCUT2D eigenvalue weighted by molar-refractivity contribution is 5.97. The molecule has 1 nitrogen and oxygen atoms in total. The third-order valence-electron chi connectivity index (χ3n) is 4.32. The maximum absolute atomic E-state index is 14.1. The highest BCUT2D eigenvalue weighted by atomic mass is 19.1. The molecule has 0 amide bonds. The summed E-state index contributed by atoms with van der Waals surface area (Å²) < 4.78 is 14.1. The molecule has 2 atom stereocenters. The molecule has 0 N–H and O–H groups in total. The predicted molar refractivity (Wildman–Crippen MR) is 60.3 cm³/mol. The SMILES string of the molecule is Cc1cccc2c1CC[C@@H](F)[C@]21CCC1=O. The largest absolute Gasteiger partial charge is 0.299 e. The van der Waals surface area contributed by atoms with Gasteiger partial charge in [-0.25, -0.2) is 4.39 Å². The highest BCUT2D eigenvalue weighted by Gasteiger charge is 2.55. The molecule has 2 aliphatic carbocycles. The Bertz CT molecular complexity index is 466. The number of hydrogen-bond acceptors (Lipinski definition) is 1. The first kappa shape index (κ1) is 10.0. The van der Waals surface area contributed by atoms with Crippen molar-refractivity contribution in [3.63, 3.8) is 0 Å². The van der Waals surface area contributed by atoms with Gasteiger partial charge in [-0.15, -0.1) is 0 Å². The highest BCUT2D eigenvalue weighted by Crippen LogP contribution is 2.50. The van der Waals surface area contributed by atoms with Gasteiger partial charge in [-0.2, -0.15) is 0 Å². The minimum Gasteiger partial charge on any atom is -0.299 e. The molecule has 2 aliphatic rings. The van der Waals surface area contributed by atoms with E-state index < -0.39 is 11.6 Å². The Kier molecular flexibility index (Phi) is 1.97. The lowest BCUT2D eigenvalue weighted by Crippen LogP contribution is -2.54. The van der Waals surface area contributed by atoms with Crippen LogP contribution in [0.25, 0.3) is 0 Å². The lowest BCUT2D eigenvalue weighted by Gasteiger charge is -2.47. The van der Waals surface area contributed by atoms with E-state index in [4.69, 9.17) is 0 Å². The fraction of sp³-hybridized carbons (Fsp3) is 0.500. The predicted octanol–water partition coefficient (Wildman–Crippen LogP) is 2.88. The molecule has 0 bridgehead atoms. The van der Waals surface area contributed by atoms with Gasteiger partial charge in [-0.05, 0) is 42.9 Å². The summed E-state index contributed by atoms with van der Waals surface area (Å²) in [7, 11) is 0. The number of Topliss-reactive ketones (excluding diaryl/α,β-unsaturated/α-hetero) is 1. The van der Waals surface area contributed by atoms with Crippen molar-refractivity contribution in [1.29, 1.82) is 0 Å². The van der Waals surface area contributed by atoms with Crippen LogP contribution in [0.15, 0.2) is 18.2 Å². The van der Waals surface area contributed by atoms with Gasteiger partial charge in [0.15, 0.2) is 0 Å². The van der Waals surface area contributed by atoms with Crippen molar-refractivity contribution in [2.45, 2.75) is 44.2 Å². The van der Waals surface area contributed by atoms with E-state index in [-0.39, 0.29) is 5.78 Å². The first-order valence-electron chi connectivity index (χ1n) is 5.92. The molecule has 84 valence electrons. The van der Waals surface area contributed by atoms with Gasteiger partial charge in [0.2, 0.25) is 0 Å². The molecule has 0 aromatic heterocycles. The number of carbonyl (C=O) groups is 1. The van der Waals surface area contributed by atoms with Crippen molar-refractivity contribution in [1.82, 2.24) is 0 Å². The van der Waals surface area contributed by atoms with Crippen molar-refractivity contribution >= 4 is 5.78 Å². The molecule has 1 saturated carbocycles. The Hall–Kier alpha value is -1.18. The zero-order chi connectivity index (χ0) is 11.3. The minimum absolute atomic E-state index is 0.103. The van der Waals surface area contributed by atoms with E-state index in [0.717, 1.165) is 12.0 Å². The summed E-state index contributed by atoms with van der Waals surface area (Å²) in [5, 5.41) is 0. The van der Waals surface area contributed by atoms with Crippen LogP contribution in [-0.2, 0) is 16.6 Å². The van der Waals surface area contributed by atoms with Crippen molar-refractivity contribution in [2.75, 3.05) is 0 Å². The van der Waals surface area contributed by atoms with Crippen LogP contribution in [0.1, 0.15) is 36.0 Å². The monoisotopic (exact) mass is 218 g/mol. The number of halogens is 1. The molecule has 2 heteroatoms. The van der Waals surface area contributed by atoms with Crippen molar-refractivity contribution in [3.8, 4) is 0 Å². The van der Waals surface area contributed by atoms with Gasteiger partial charge in [-0.1, -0.05) is 18.2 Å². The second-order valence-corrected chi connectivity index (χ2v) is 5.00.